The summed E-state index contributed by atoms with van der Waals surface area (Å²) in [6.07, 6.45) is 2.60. The Labute approximate surface area is 132 Å². The molecule has 0 saturated carbocycles. The summed E-state index contributed by atoms with van der Waals surface area (Å²) in [6.45, 7) is 4.99. The SMILES string of the molecule is CCCNc1ncnc(Nc2cc(Cl)ccc2Br)c1C. The highest BCUT2D eigenvalue weighted by atomic mass is 79.9. The molecule has 1 aromatic carbocycles. The van der Waals surface area contributed by atoms with Crippen LogP contribution in [0, 0.1) is 6.92 Å². The summed E-state index contributed by atoms with van der Waals surface area (Å²) in [5.41, 5.74) is 1.86. The first-order valence-electron chi connectivity index (χ1n) is 6.39. The van der Waals surface area contributed by atoms with Gasteiger partial charge in [0.25, 0.3) is 0 Å². The molecule has 2 rings (SSSR count). The van der Waals surface area contributed by atoms with Gasteiger partial charge in [-0.25, -0.2) is 9.97 Å². The standard InChI is InChI=1S/C14H16BrClN4/c1-3-6-17-13-9(2)14(19-8-18-13)20-12-7-10(16)4-5-11(12)15/h4-5,7-8H,3,6H2,1-2H3,(H2,17,18,19,20). The third-order valence-electron chi connectivity index (χ3n) is 2.81. The van der Waals surface area contributed by atoms with Crippen molar-refractivity contribution in [3.8, 4) is 0 Å². The highest BCUT2D eigenvalue weighted by molar-refractivity contribution is 9.10. The maximum Gasteiger partial charge on any atom is 0.138 e. The van der Waals surface area contributed by atoms with Crippen LogP contribution in [0.4, 0.5) is 17.3 Å². The Balaban J connectivity index is 2.27. The number of rotatable bonds is 5. The molecule has 0 fully saturated rings. The van der Waals surface area contributed by atoms with Crippen LogP contribution >= 0.6 is 27.5 Å². The van der Waals surface area contributed by atoms with Crippen molar-refractivity contribution in [3.63, 3.8) is 0 Å². The van der Waals surface area contributed by atoms with E-state index >= 15 is 0 Å². The number of nitrogens with one attached hydrogen (secondary N) is 2. The first-order valence-corrected chi connectivity index (χ1v) is 7.56. The van der Waals surface area contributed by atoms with E-state index in [1.54, 1.807) is 6.33 Å². The molecule has 1 aromatic heterocycles. The smallest absolute Gasteiger partial charge is 0.138 e. The molecule has 0 atom stereocenters. The van der Waals surface area contributed by atoms with E-state index in [9.17, 15) is 0 Å². The van der Waals surface area contributed by atoms with E-state index in [-0.39, 0.29) is 0 Å². The zero-order chi connectivity index (χ0) is 14.5. The summed E-state index contributed by atoms with van der Waals surface area (Å²) in [7, 11) is 0. The topological polar surface area (TPSA) is 49.8 Å². The number of halogens is 2. The second kappa shape index (κ2) is 6.90. The summed E-state index contributed by atoms with van der Waals surface area (Å²) in [6, 6.07) is 5.58. The molecule has 0 aliphatic carbocycles. The number of anilines is 3. The first kappa shape index (κ1) is 15.1. The molecule has 6 heteroatoms. The Morgan fingerprint density at radius 2 is 2.00 bits per heavy atom. The molecule has 0 radical (unpaired) electrons. The molecule has 1 heterocycles. The van der Waals surface area contributed by atoms with Crippen LogP contribution < -0.4 is 10.6 Å². The van der Waals surface area contributed by atoms with Gasteiger partial charge in [-0.15, -0.1) is 0 Å². The van der Waals surface area contributed by atoms with Gasteiger partial charge in [-0.3, -0.25) is 0 Å². The van der Waals surface area contributed by atoms with Crippen molar-refractivity contribution in [1.29, 1.82) is 0 Å². The van der Waals surface area contributed by atoms with Gasteiger partial charge in [-0.2, -0.15) is 0 Å². The van der Waals surface area contributed by atoms with Crippen LogP contribution in [0.5, 0.6) is 0 Å². The summed E-state index contributed by atoms with van der Waals surface area (Å²) < 4.78 is 0.933. The lowest BCUT2D eigenvalue weighted by atomic mass is 10.2. The van der Waals surface area contributed by atoms with Gasteiger partial charge in [-0.05, 0) is 47.5 Å². The minimum atomic E-state index is 0.673. The molecular weight excluding hydrogens is 340 g/mol. The van der Waals surface area contributed by atoms with Gasteiger partial charge in [0.05, 0.1) is 5.69 Å². The van der Waals surface area contributed by atoms with Gasteiger partial charge in [0.15, 0.2) is 0 Å². The van der Waals surface area contributed by atoms with Crippen molar-refractivity contribution in [2.24, 2.45) is 0 Å². The quantitative estimate of drug-likeness (QED) is 0.811. The van der Waals surface area contributed by atoms with E-state index < -0.39 is 0 Å². The van der Waals surface area contributed by atoms with E-state index in [4.69, 9.17) is 11.6 Å². The molecule has 0 amide bonds. The molecule has 0 bridgehead atoms. The molecule has 0 unspecified atom stereocenters. The number of hydrogen-bond donors (Lipinski definition) is 2. The fraction of sp³-hybridized carbons (Fsp3) is 0.286. The third-order valence-corrected chi connectivity index (χ3v) is 3.73. The van der Waals surface area contributed by atoms with E-state index in [1.807, 2.05) is 25.1 Å². The highest BCUT2D eigenvalue weighted by Gasteiger charge is 2.08. The lowest BCUT2D eigenvalue weighted by Crippen LogP contribution is -2.07. The molecular formula is C14H16BrClN4. The fourth-order valence-electron chi connectivity index (χ4n) is 1.72. The van der Waals surface area contributed by atoms with Crippen LogP contribution in [0.15, 0.2) is 29.0 Å². The van der Waals surface area contributed by atoms with Gasteiger partial charge in [0.1, 0.15) is 18.0 Å². The zero-order valence-corrected chi connectivity index (χ0v) is 13.7. The highest BCUT2D eigenvalue weighted by Crippen LogP contribution is 2.30. The summed E-state index contributed by atoms with van der Waals surface area (Å²) >= 11 is 9.51. The summed E-state index contributed by atoms with van der Waals surface area (Å²) in [5, 5.41) is 7.23. The molecule has 0 saturated heterocycles. The maximum absolute atomic E-state index is 6.02. The lowest BCUT2D eigenvalue weighted by molar-refractivity contribution is 0.960. The minimum Gasteiger partial charge on any atom is -0.370 e. The monoisotopic (exact) mass is 354 g/mol. The summed E-state index contributed by atoms with van der Waals surface area (Å²) in [5.74, 6) is 1.61. The van der Waals surface area contributed by atoms with Crippen molar-refractivity contribution in [2.45, 2.75) is 20.3 Å². The van der Waals surface area contributed by atoms with E-state index in [2.05, 4.69) is 43.5 Å². The largest absolute Gasteiger partial charge is 0.370 e. The van der Waals surface area contributed by atoms with Gasteiger partial charge in [-0.1, -0.05) is 18.5 Å². The predicted molar refractivity (Wildman–Crippen MR) is 88.0 cm³/mol. The molecule has 106 valence electrons. The number of nitrogens with zero attached hydrogens (tertiary/aromatic N) is 2. The van der Waals surface area contributed by atoms with Crippen molar-refractivity contribution in [1.82, 2.24) is 9.97 Å². The second-order valence-corrected chi connectivity index (χ2v) is 5.66. The van der Waals surface area contributed by atoms with Crippen LogP contribution in [0.3, 0.4) is 0 Å². The number of aromatic nitrogens is 2. The maximum atomic E-state index is 6.02. The second-order valence-electron chi connectivity index (χ2n) is 4.37. The third kappa shape index (κ3) is 3.61. The molecule has 2 N–H and O–H groups in total. The number of benzene rings is 1. The Kier molecular flexibility index (Phi) is 5.20. The van der Waals surface area contributed by atoms with Crippen LogP contribution in [0.1, 0.15) is 18.9 Å². The Morgan fingerprint density at radius 1 is 1.25 bits per heavy atom. The van der Waals surface area contributed by atoms with E-state index in [1.165, 1.54) is 0 Å². The molecule has 4 nitrogen and oxygen atoms in total. The van der Waals surface area contributed by atoms with Crippen LogP contribution in [-0.2, 0) is 0 Å². The fourth-order valence-corrected chi connectivity index (χ4v) is 2.24. The molecule has 20 heavy (non-hydrogen) atoms. The Bertz CT molecular complexity index is 604. The van der Waals surface area contributed by atoms with Crippen molar-refractivity contribution in [2.75, 3.05) is 17.2 Å². The summed E-state index contributed by atoms with van der Waals surface area (Å²) in [4.78, 5) is 8.54. The molecule has 0 aliphatic heterocycles. The molecule has 2 aromatic rings. The van der Waals surface area contributed by atoms with Crippen LogP contribution in [0.2, 0.25) is 5.02 Å². The van der Waals surface area contributed by atoms with Crippen molar-refractivity contribution < 1.29 is 0 Å². The van der Waals surface area contributed by atoms with Gasteiger partial charge >= 0.3 is 0 Å². The van der Waals surface area contributed by atoms with Gasteiger partial charge in [0, 0.05) is 21.6 Å². The lowest BCUT2D eigenvalue weighted by Gasteiger charge is -2.13. The zero-order valence-electron chi connectivity index (χ0n) is 11.4. The van der Waals surface area contributed by atoms with Gasteiger partial charge < -0.3 is 10.6 Å². The van der Waals surface area contributed by atoms with Crippen molar-refractivity contribution >= 4 is 44.9 Å². The Morgan fingerprint density at radius 3 is 2.75 bits per heavy atom. The van der Waals surface area contributed by atoms with E-state index in [0.29, 0.717) is 5.02 Å². The number of hydrogen-bond acceptors (Lipinski definition) is 4. The average Bonchev–Trinajstić information content (AvgIpc) is 2.44. The van der Waals surface area contributed by atoms with Gasteiger partial charge in [0.2, 0.25) is 0 Å². The first-order chi connectivity index (χ1) is 9.61. The Hall–Kier alpha value is -1.33. The average molecular weight is 356 g/mol. The molecule has 0 spiro atoms. The predicted octanol–water partition coefficient (Wildman–Crippen LogP) is 4.77. The minimum absolute atomic E-state index is 0.673. The normalized spacial score (nSPS) is 10.4. The molecule has 0 aliphatic rings. The van der Waals surface area contributed by atoms with Crippen LogP contribution in [0.25, 0.3) is 0 Å². The van der Waals surface area contributed by atoms with Crippen LogP contribution in [-0.4, -0.2) is 16.5 Å². The van der Waals surface area contributed by atoms with Crippen molar-refractivity contribution in [3.05, 3.63) is 39.6 Å². The van der Waals surface area contributed by atoms with E-state index in [0.717, 1.165) is 40.3 Å².